The molecule has 0 fully saturated rings. The quantitative estimate of drug-likeness (QED) is 0.920. The first-order valence-electron chi connectivity index (χ1n) is 7.09. The number of carbonyl (C=O) groups is 2. The summed E-state index contributed by atoms with van der Waals surface area (Å²) in [5.74, 6) is -1.75. The first-order chi connectivity index (χ1) is 10.8. The summed E-state index contributed by atoms with van der Waals surface area (Å²) < 4.78 is 19.0. The Hall–Kier alpha value is -2.63. The molecular formula is C17H18FNO4. The second kappa shape index (κ2) is 6.64. The van der Waals surface area contributed by atoms with Gasteiger partial charge in [0.05, 0.1) is 11.8 Å². The van der Waals surface area contributed by atoms with Crippen molar-refractivity contribution in [3.05, 3.63) is 58.3 Å². The summed E-state index contributed by atoms with van der Waals surface area (Å²) in [5.41, 5.74) is 2.08. The van der Waals surface area contributed by atoms with Crippen molar-refractivity contribution in [1.82, 2.24) is 4.90 Å². The molecule has 2 aromatic rings. The molecule has 0 radical (unpaired) electrons. The van der Waals surface area contributed by atoms with Crippen LogP contribution in [0.5, 0.6) is 0 Å². The van der Waals surface area contributed by atoms with Gasteiger partial charge in [0.1, 0.15) is 18.0 Å². The molecule has 0 bridgehead atoms. The second-order valence-corrected chi connectivity index (χ2v) is 5.54. The predicted molar refractivity (Wildman–Crippen MR) is 81.7 cm³/mol. The van der Waals surface area contributed by atoms with Crippen molar-refractivity contribution in [3.63, 3.8) is 0 Å². The summed E-state index contributed by atoms with van der Waals surface area (Å²) in [4.78, 5) is 24.8. The molecule has 0 unspecified atom stereocenters. The monoisotopic (exact) mass is 319 g/mol. The number of furan rings is 1. The van der Waals surface area contributed by atoms with Gasteiger partial charge in [-0.3, -0.25) is 9.59 Å². The molecule has 1 aromatic heterocycles. The number of nitrogens with zero attached hydrogens (tertiary/aromatic N) is 1. The molecule has 0 saturated carbocycles. The SMILES string of the molecule is Cc1ccc(F)c(CN(C)C(=O)c2c(C)coc2CC(=O)O)c1. The van der Waals surface area contributed by atoms with E-state index < -0.39 is 11.9 Å². The minimum Gasteiger partial charge on any atom is -0.481 e. The number of carboxylic acid groups (broad SMARTS) is 1. The fourth-order valence-corrected chi connectivity index (χ4v) is 2.40. The van der Waals surface area contributed by atoms with Gasteiger partial charge < -0.3 is 14.4 Å². The van der Waals surface area contributed by atoms with Crippen molar-refractivity contribution in [3.8, 4) is 0 Å². The van der Waals surface area contributed by atoms with Gasteiger partial charge in [0, 0.05) is 24.7 Å². The van der Waals surface area contributed by atoms with Crippen LogP contribution in [0.4, 0.5) is 4.39 Å². The van der Waals surface area contributed by atoms with Gasteiger partial charge in [0.15, 0.2) is 0 Å². The molecule has 2 rings (SSSR count). The average Bonchev–Trinajstić information content (AvgIpc) is 2.82. The highest BCUT2D eigenvalue weighted by Crippen LogP contribution is 2.21. The molecule has 0 aliphatic heterocycles. The molecule has 0 saturated heterocycles. The van der Waals surface area contributed by atoms with E-state index in [2.05, 4.69) is 0 Å². The van der Waals surface area contributed by atoms with Crippen molar-refractivity contribution in [2.24, 2.45) is 0 Å². The van der Waals surface area contributed by atoms with Crippen molar-refractivity contribution < 1.29 is 23.5 Å². The lowest BCUT2D eigenvalue weighted by Gasteiger charge is -2.18. The molecule has 0 aliphatic rings. The summed E-state index contributed by atoms with van der Waals surface area (Å²) in [6, 6.07) is 4.70. The fourth-order valence-electron chi connectivity index (χ4n) is 2.40. The maximum Gasteiger partial charge on any atom is 0.311 e. The molecular weight excluding hydrogens is 301 g/mol. The maximum absolute atomic E-state index is 13.8. The number of benzene rings is 1. The number of hydrogen-bond acceptors (Lipinski definition) is 3. The highest BCUT2D eigenvalue weighted by Gasteiger charge is 2.23. The van der Waals surface area contributed by atoms with Crippen molar-refractivity contribution in [2.75, 3.05) is 7.05 Å². The van der Waals surface area contributed by atoms with E-state index in [0.717, 1.165) is 5.56 Å². The first-order valence-corrected chi connectivity index (χ1v) is 7.09. The van der Waals surface area contributed by atoms with E-state index in [0.29, 0.717) is 11.1 Å². The van der Waals surface area contributed by atoms with Gasteiger partial charge in [-0.25, -0.2) is 4.39 Å². The Morgan fingerprint density at radius 3 is 2.65 bits per heavy atom. The molecule has 1 N–H and O–H groups in total. The summed E-state index contributed by atoms with van der Waals surface area (Å²) in [5, 5.41) is 8.89. The Kier molecular flexibility index (Phi) is 4.83. The maximum atomic E-state index is 13.8. The molecule has 0 spiro atoms. The van der Waals surface area contributed by atoms with Crippen LogP contribution in [-0.2, 0) is 17.8 Å². The Morgan fingerprint density at radius 1 is 1.30 bits per heavy atom. The Labute approximate surface area is 133 Å². The number of amides is 1. The summed E-state index contributed by atoms with van der Waals surface area (Å²) in [6.07, 6.45) is 0.980. The zero-order chi connectivity index (χ0) is 17.1. The van der Waals surface area contributed by atoms with E-state index in [-0.39, 0.29) is 30.1 Å². The zero-order valence-corrected chi connectivity index (χ0v) is 13.2. The van der Waals surface area contributed by atoms with E-state index in [4.69, 9.17) is 9.52 Å². The third-order valence-corrected chi connectivity index (χ3v) is 3.53. The topological polar surface area (TPSA) is 70.8 Å². The van der Waals surface area contributed by atoms with E-state index in [1.165, 1.54) is 17.2 Å². The molecule has 5 nitrogen and oxygen atoms in total. The van der Waals surface area contributed by atoms with Crippen LogP contribution in [-0.4, -0.2) is 28.9 Å². The van der Waals surface area contributed by atoms with E-state index >= 15 is 0 Å². The summed E-state index contributed by atoms with van der Waals surface area (Å²) in [6.45, 7) is 3.60. The van der Waals surface area contributed by atoms with E-state index in [1.54, 1.807) is 26.1 Å². The molecule has 122 valence electrons. The number of aliphatic carboxylic acids is 1. The number of rotatable bonds is 5. The summed E-state index contributed by atoms with van der Waals surface area (Å²) >= 11 is 0. The molecule has 1 amide bonds. The number of carbonyl (C=O) groups excluding carboxylic acids is 1. The lowest BCUT2D eigenvalue weighted by atomic mass is 10.1. The van der Waals surface area contributed by atoms with Crippen LogP contribution in [0, 0.1) is 19.7 Å². The van der Waals surface area contributed by atoms with Gasteiger partial charge in [-0.15, -0.1) is 0 Å². The molecule has 1 heterocycles. The lowest BCUT2D eigenvalue weighted by molar-refractivity contribution is -0.136. The van der Waals surface area contributed by atoms with Crippen LogP contribution in [0.1, 0.15) is 32.8 Å². The van der Waals surface area contributed by atoms with Crippen LogP contribution >= 0.6 is 0 Å². The van der Waals surface area contributed by atoms with E-state index in [1.807, 2.05) is 6.92 Å². The van der Waals surface area contributed by atoms with Gasteiger partial charge in [0.2, 0.25) is 0 Å². The van der Waals surface area contributed by atoms with Gasteiger partial charge in [-0.2, -0.15) is 0 Å². The minimum absolute atomic E-state index is 0.0868. The average molecular weight is 319 g/mol. The van der Waals surface area contributed by atoms with Crippen LogP contribution in [0.3, 0.4) is 0 Å². The van der Waals surface area contributed by atoms with Crippen LogP contribution in [0.2, 0.25) is 0 Å². The van der Waals surface area contributed by atoms with Crippen molar-refractivity contribution >= 4 is 11.9 Å². The Morgan fingerprint density at radius 2 is 2.00 bits per heavy atom. The van der Waals surface area contributed by atoms with Gasteiger partial charge in [-0.05, 0) is 19.9 Å². The second-order valence-electron chi connectivity index (χ2n) is 5.54. The normalized spacial score (nSPS) is 10.6. The highest BCUT2D eigenvalue weighted by molar-refractivity contribution is 5.97. The number of hydrogen-bond donors (Lipinski definition) is 1. The molecule has 23 heavy (non-hydrogen) atoms. The fraction of sp³-hybridized carbons (Fsp3) is 0.294. The van der Waals surface area contributed by atoms with Crippen molar-refractivity contribution in [2.45, 2.75) is 26.8 Å². The van der Waals surface area contributed by atoms with Crippen LogP contribution < -0.4 is 0 Å². The number of aryl methyl sites for hydroxylation is 2. The molecule has 6 heteroatoms. The summed E-state index contributed by atoms with van der Waals surface area (Å²) in [7, 11) is 1.54. The number of carboxylic acids is 1. The third-order valence-electron chi connectivity index (χ3n) is 3.53. The highest BCUT2D eigenvalue weighted by atomic mass is 19.1. The molecule has 1 aromatic carbocycles. The minimum atomic E-state index is -1.08. The standard InChI is InChI=1S/C17H18FNO4/c1-10-4-5-13(18)12(6-10)8-19(3)17(22)16-11(2)9-23-14(16)7-15(20)21/h4-6,9H,7-8H2,1-3H3,(H,20,21). The molecule has 0 aliphatic carbocycles. The molecule has 0 atom stereocenters. The number of halogens is 1. The first kappa shape index (κ1) is 16.7. The zero-order valence-electron chi connectivity index (χ0n) is 13.2. The largest absolute Gasteiger partial charge is 0.481 e. The smallest absolute Gasteiger partial charge is 0.311 e. The van der Waals surface area contributed by atoms with E-state index in [9.17, 15) is 14.0 Å². The third kappa shape index (κ3) is 3.77. The van der Waals surface area contributed by atoms with Gasteiger partial charge in [0.25, 0.3) is 5.91 Å². The van der Waals surface area contributed by atoms with Crippen LogP contribution in [0.15, 0.2) is 28.9 Å². The van der Waals surface area contributed by atoms with Gasteiger partial charge in [-0.1, -0.05) is 17.7 Å². The Balaban J connectivity index is 2.25. The van der Waals surface area contributed by atoms with Crippen molar-refractivity contribution in [1.29, 1.82) is 0 Å². The van der Waals surface area contributed by atoms with Crippen LogP contribution in [0.25, 0.3) is 0 Å². The lowest BCUT2D eigenvalue weighted by Crippen LogP contribution is -2.28. The predicted octanol–water partition coefficient (Wildman–Crippen LogP) is 2.93. The Bertz CT molecular complexity index is 751. The van der Waals surface area contributed by atoms with Gasteiger partial charge >= 0.3 is 5.97 Å².